The van der Waals surface area contributed by atoms with Crippen LogP contribution in [0.25, 0.3) is 0 Å². The summed E-state index contributed by atoms with van der Waals surface area (Å²) in [5.74, 6) is 1.58. The lowest BCUT2D eigenvalue weighted by atomic mass is 9.98. The van der Waals surface area contributed by atoms with Gasteiger partial charge in [0, 0.05) is 0 Å². The summed E-state index contributed by atoms with van der Waals surface area (Å²) in [6, 6.07) is 12.9. The lowest BCUT2D eigenvalue weighted by Crippen LogP contribution is -2.02. The van der Waals surface area contributed by atoms with Gasteiger partial charge in [0.15, 0.2) is 0 Å². The van der Waals surface area contributed by atoms with E-state index in [1.54, 1.807) is 0 Å². The molecule has 0 unspecified atom stereocenters. The van der Waals surface area contributed by atoms with Gasteiger partial charge in [-0.3, -0.25) is 0 Å². The van der Waals surface area contributed by atoms with E-state index < -0.39 is 0 Å². The Morgan fingerprint density at radius 1 is 0.900 bits per heavy atom. The van der Waals surface area contributed by atoms with E-state index in [2.05, 4.69) is 71.0 Å². The third-order valence-electron chi connectivity index (χ3n) is 3.78. The van der Waals surface area contributed by atoms with Crippen molar-refractivity contribution in [2.75, 3.05) is 0 Å². The van der Waals surface area contributed by atoms with Crippen LogP contribution in [0, 0.1) is 20.8 Å². The SMILES string of the molecule is Cc1ccccc1COc1c(C)cc(C(C)C)cc1C. The quantitative estimate of drug-likeness (QED) is 0.729. The van der Waals surface area contributed by atoms with E-state index in [0.29, 0.717) is 12.5 Å². The molecule has 0 aliphatic heterocycles. The minimum Gasteiger partial charge on any atom is -0.488 e. The Kier molecular flexibility index (Phi) is 4.49. The fraction of sp³-hybridized carbons (Fsp3) is 0.368. The van der Waals surface area contributed by atoms with Crippen molar-refractivity contribution < 1.29 is 4.74 Å². The zero-order valence-corrected chi connectivity index (χ0v) is 13.2. The topological polar surface area (TPSA) is 9.23 Å². The van der Waals surface area contributed by atoms with Crippen LogP contribution in [-0.4, -0.2) is 0 Å². The second-order valence-electron chi connectivity index (χ2n) is 5.85. The van der Waals surface area contributed by atoms with Gasteiger partial charge in [0.1, 0.15) is 12.4 Å². The van der Waals surface area contributed by atoms with Crippen LogP contribution in [0.3, 0.4) is 0 Å². The Labute approximate surface area is 122 Å². The van der Waals surface area contributed by atoms with Crippen LogP contribution in [0.4, 0.5) is 0 Å². The molecule has 0 heterocycles. The molecule has 0 saturated carbocycles. The fourth-order valence-corrected chi connectivity index (χ4v) is 2.47. The lowest BCUT2D eigenvalue weighted by Gasteiger charge is -2.16. The molecule has 0 fully saturated rings. The third kappa shape index (κ3) is 3.22. The van der Waals surface area contributed by atoms with Gasteiger partial charge in [-0.2, -0.15) is 0 Å². The van der Waals surface area contributed by atoms with Crippen molar-refractivity contribution in [2.24, 2.45) is 0 Å². The van der Waals surface area contributed by atoms with E-state index in [9.17, 15) is 0 Å². The van der Waals surface area contributed by atoms with E-state index in [0.717, 1.165) is 5.75 Å². The molecule has 20 heavy (non-hydrogen) atoms. The minimum atomic E-state index is 0.554. The molecule has 2 aromatic carbocycles. The van der Waals surface area contributed by atoms with E-state index in [1.807, 2.05) is 0 Å². The zero-order valence-electron chi connectivity index (χ0n) is 13.2. The first-order valence-electron chi connectivity index (χ1n) is 7.27. The van der Waals surface area contributed by atoms with Gasteiger partial charge in [0.2, 0.25) is 0 Å². The van der Waals surface area contributed by atoms with Crippen molar-refractivity contribution >= 4 is 0 Å². The summed E-state index contributed by atoms with van der Waals surface area (Å²) in [7, 11) is 0. The van der Waals surface area contributed by atoms with Crippen LogP contribution in [0.15, 0.2) is 36.4 Å². The molecule has 0 aliphatic carbocycles. The summed E-state index contributed by atoms with van der Waals surface area (Å²) >= 11 is 0. The Hall–Kier alpha value is -1.76. The molecule has 0 N–H and O–H groups in total. The summed E-state index contributed by atoms with van der Waals surface area (Å²) in [5.41, 5.74) is 6.36. The number of rotatable bonds is 4. The first-order valence-corrected chi connectivity index (χ1v) is 7.27. The number of benzene rings is 2. The van der Waals surface area contributed by atoms with Crippen molar-refractivity contribution in [3.63, 3.8) is 0 Å². The van der Waals surface area contributed by atoms with Gasteiger partial charge in [-0.05, 0) is 54.5 Å². The van der Waals surface area contributed by atoms with Gasteiger partial charge in [-0.25, -0.2) is 0 Å². The van der Waals surface area contributed by atoms with Gasteiger partial charge in [0.25, 0.3) is 0 Å². The number of ether oxygens (including phenoxy) is 1. The molecule has 0 radical (unpaired) electrons. The molecule has 0 spiro atoms. The standard InChI is InChI=1S/C19H24O/c1-13(2)18-10-15(4)19(16(5)11-18)20-12-17-9-7-6-8-14(17)3/h6-11,13H,12H2,1-5H3. The lowest BCUT2D eigenvalue weighted by molar-refractivity contribution is 0.301. The van der Waals surface area contributed by atoms with Crippen molar-refractivity contribution in [3.05, 3.63) is 64.2 Å². The number of hydrogen-bond donors (Lipinski definition) is 0. The molecular formula is C19H24O. The van der Waals surface area contributed by atoms with Gasteiger partial charge in [0.05, 0.1) is 0 Å². The molecule has 0 aromatic heterocycles. The van der Waals surface area contributed by atoms with Crippen molar-refractivity contribution in [1.29, 1.82) is 0 Å². The first-order chi connectivity index (χ1) is 9.49. The highest BCUT2D eigenvalue weighted by Gasteiger charge is 2.09. The summed E-state index contributed by atoms with van der Waals surface area (Å²) in [6.07, 6.45) is 0. The summed E-state index contributed by atoms with van der Waals surface area (Å²) in [5, 5.41) is 0. The maximum absolute atomic E-state index is 6.07. The molecule has 1 heteroatoms. The highest BCUT2D eigenvalue weighted by molar-refractivity contribution is 5.44. The maximum Gasteiger partial charge on any atom is 0.125 e. The fourth-order valence-electron chi connectivity index (χ4n) is 2.47. The van der Waals surface area contributed by atoms with E-state index in [4.69, 9.17) is 4.74 Å². The van der Waals surface area contributed by atoms with Gasteiger partial charge < -0.3 is 4.74 Å². The van der Waals surface area contributed by atoms with E-state index in [-0.39, 0.29) is 0 Å². The molecule has 0 atom stereocenters. The number of hydrogen-bond acceptors (Lipinski definition) is 1. The predicted octanol–water partition coefficient (Wildman–Crippen LogP) is 5.31. The Balaban J connectivity index is 2.20. The molecule has 0 saturated heterocycles. The number of aryl methyl sites for hydroxylation is 3. The Morgan fingerprint density at radius 3 is 2.05 bits per heavy atom. The largest absolute Gasteiger partial charge is 0.488 e. The molecule has 2 aromatic rings. The predicted molar refractivity (Wildman–Crippen MR) is 85.5 cm³/mol. The molecular weight excluding hydrogens is 244 g/mol. The molecule has 1 nitrogen and oxygen atoms in total. The van der Waals surface area contributed by atoms with Crippen LogP contribution in [0.2, 0.25) is 0 Å². The van der Waals surface area contributed by atoms with Crippen molar-refractivity contribution in [2.45, 2.75) is 47.1 Å². The second kappa shape index (κ2) is 6.13. The van der Waals surface area contributed by atoms with Gasteiger partial charge in [-0.15, -0.1) is 0 Å². The second-order valence-corrected chi connectivity index (χ2v) is 5.85. The minimum absolute atomic E-state index is 0.554. The monoisotopic (exact) mass is 268 g/mol. The van der Waals surface area contributed by atoms with E-state index >= 15 is 0 Å². The molecule has 0 amide bonds. The van der Waals surface area contributed by atoms with Crippen LogP contribution in [0.5, 0.6) is 5.75 Å². The summed E-state index contributed by atoms with van der Waals surface area (Å²) in [4.78, 5) is 0. The van der Waals surface area contributed by atoms with Crippen LogP contribution in [0.1, 0.15) is 47.6 Å². The van der Waals surface area contributed by atoms with Crippen LogP contribution < -0.4 is 4.74 Å². The average Bonchev–Trinajstić information content (AvgIpc) is 2.39. The molecule has 106 valence electrons. The summed E-state index contributed by atoms with van der Waals surface area (Å²) in [6.45, 7) is 11.5. The average molecular weight is 268 g/mol. The van der Waals surface area contributed by atoms with Gasteiger partial charge in [-0.1, -0.05) is 50.2 Å². The van der Waals surface area contributed by atoms with Crippen molar-refractivity contribution in [1.82, 2.24) is 0 Å². The normalized spacial score (nSPS) is 10.9. The van der Waals surface area contributed by atoms with E-state index in [1.165, 1.54) is 27.8 Å². The highest BCUT2D eigenvalue weighted by Crippen LogP contribution is 2.29. The molecule has 0 aliphatic rings. The van der Waals surface area contributed by atoms with Crippen LogP contribution >= 0.6 is 0 Å². The zero-order chi connectivity index (χ0) is 14.7. The Bertz CT molecular complexity index is 573. The maximum atomic E-state index is 6.07. The summed E-state index contributed by atoms with van der Waals surface area (Å²) < 4.78 is 6.07. The van der Waals surface area contributed by atoms with Crippen LogP contribution in [-0.2, 0) is 6.61 Å². The highest BCUT2D eigenvalue weighted by atomic mass is 16.5. The molecule has 2 rings (SSSR count). The van der Waals surface area contributed by atoms with Crippen molar-refractivity contribution in [3.8, 4) is 5.75 Å². The van der Waals surface area contributed by atoms with Gasteiger partial charge >= 0.3 is 0 Å². The first kappa shape index (κ1) is 14.6. The smallest absolute Gasteiger partial charge is 0.125 e. The molecule has 0 bridgehead atoms. The Morgan fingerprint density at radius 2 is 1.50 bits per heavy atom. The third-order valence-corrected chi connectivity index (χ3v) is 3.78.